The van der Waals surface area contributed by atoms with Crippen LogP contribution < -0.4 is 4.74 Å². The van der Waals surface area contributed by atoms with Gasteiger partial charge in [0.2, 0.25) is 0 Å². The number of nitrogens with one attached hydrogen (secondary N) is 1. The molecule has 0 aliphatic heterocycles. The molecule has 7 heteroatoms. The molecule has 124 valence electrons. The standard InChI is InChI=1S/C16H20ClN3O3/c1-3-5-6-9-23-13-8-7-11(10-12(13)17)14-15(19-20-18-14)16(21)22-4-2/h7-8,10H,3-6,9H2,1-2H3,(H,18,19,20). The van der Waals surface area contributed by atoms with Gasteiger partial charge in [0.1, 0.15) is 11.4 Å². The molecular weight excluding hydrogens is 318 g/mol. The Morgan fingerprint density at radius 1 is 1.26 bits per heavy atom. The van der Waals surface area contributed by atoms with Crippen molar-refractivity contribution in [2.45, 2.75) is 33.1 Å². The number of hydrogen-bond acceptors (Lipinski definition) is 5. The van der Waals surface area contributed by atoms with Gasteiger partial charge in [-0.2, -0.15) is 10.3 Å². The first-order valence-electron chi connectivity index (χ1n) is 7.68. The summed E-state index contributed by atoms with van der Waals surface area (Å²) in [4.78, 5) is 11.9. The number of ether oxygens (including phenoxy) is 2. The molecule has 2 rings (SSSR count). The molecule has 0 spiro atoms. The Labute approximate surface area is 140 Å². The number of benzene rings is 1. The van der Waals surface area contributed by atoms with Gasteiger partial charge in [-0.25, -0.2) is 4.79 Å². The second kappa shape index (κ2) is 8.53. The molecule has 0 radical (unpaired) electrons. The summed E-state index contributed by atoms with van der Waals surface area (Å²) in [6, 6.07) is 5.27. The Hall–Kier alpha value is -2.08. The van der Waals surface area contributed by atoms with E-state index in [0.717, 1.165) is 19.3 Å². The fourth-order valence-corrected chi connectivity index (χ4v) is 2.31. The molecule has 0 aliphatic carbocycles. The van der Waals surface area contributed by atoms with Gasteiger partial charge in [0.15, 0.2) is 5.69 Å². The summed E-state index contributed by atoms with van der Waals surface area (Å²) in [7, 11) is 0. The van der Waals surface area contributed by atoms with Crippen molar-refractivity contribution >= 4 is 17.6 Å². The molecule has 0 fully saturated rings. The van der Waals surface area contributed by atoms with E-state index in [2.05, 4.69) is 22.3 Å². The Kier molecular flexibility index (Phi) is 6.40. The number of aromatic nitrogens is 3. The van der Waals surface area contributed by atoms with Crippen molar-refractivity contribution < 1.29 is 14.3 Å². The number of nitrogens with zero attached hydrogens (tertiary/aromatic N) is 2. The van der Waals surface area contributed by atoms with Crippen LogP contribution in [0.3, 0.4) is 0 Å². The highest BCUT2D eigenvalue weighted by molar-refractivity contribution is 6.32. The van der Waals surface area contributed by atoms with Crippen molar-refractivity contribution in [3.63, 3.8) is 0 Å². The van der Waals surface area contributed by atoms with E-state index in [4.69, 9.17) is 21.1 Å². The van der Waals surface area contributed by atoms with Crippen molar-refractivity contribution in [1.82, 2.24) is 15.4 Å². The van der Waals surface area contributed by atoms with Crippen LogP contribution in [0.25, 0.3) is 11.3 Å². The molecule has 0 saturated carbocycles. The maximum Gasteiger partial charge on any atom is 0.361 e. The number of hydrogen-bond donors (Lipinski definition) is 1. The molecule has 0 saturated heterocycles. The van der Waals surface area contributed by atoms with E-state index in [9.17, 15) is 4.79 Å². The van der Waals surface area contributed by atoms with Gasteiger partial charge >= 0.3 is 5.97 Å². The van der Waals surface area contributed by atoms with Gasteiger partial charge in [-0.3, -0.25) is 0 Å². The molecule has 0 unspecified atom stereocenters. The van der Waals surface area contributed by atoms with E-state index in [1.54, 1.807) is 25.1 Å². The first-order valence-corrected chi connectivity index (χ1v) is 8.05. The zero-order valence-electron chi connectivity index (χ0n) is 13.3. The van der Waals surface area contributed by atoms with Crippen molar-refractivity contribution in [3.05, 3.63) is 28.9 Å². The Morgan fingerprint density at radius 3 is 2.78 bits per heavy atom. The summed E-state index contributed by atoms with van der Waals surface area (Å²) in [6.45, 7) is 4.78. The maximum absolute atomic E-state index is 11.9. The number of carbonyl (C=O) groups is 1. The normalized spacial score (nSPS) is 10.6. The number of unbranched alkanes of at least 4 members (excludes halogenated alkanes) is 2. The van der Waals surface area contributed by atoms with Gasteiger partial charge < -0.3 is 9.47 Å². The summed E-state index contributed by atoms with van der Waals surface area (Å²) in [6.07, 6.45) is 3.25. The van der Waals surface area contributed by atoms with Crippen molar-refractivity contribution in [3.8, 4) is 17.0 Å². The predicted octanol–water partition coefficient (Wildman–Crippen LogP) is 3.87. The van der Waals surface area contributed by atoms with Gasteiger partial charge in [0.25, 0.3) is 0 Å². The van der Waals surface area contributed by atoms with E-state index in [0.29, 0.717) is 28.6 Å². The molecule has 0 aliphatic rings. The van der Waals surface area contributed by atoms with E-state index in [1.165, 1.54) is 0 Å². The lowest BCUT2D eigenvalue weighted by Gasteiger charge is -2.09. The Balaban J connectivity index is 2.14. The number of aromatic amines is 1. The lowest BCUT2D eigenvalue weighted by Crippen LogP contribution is -2.06. The van der Waals surface area contributed by atoms with E-state index in [1.807, 2.05) is 0 Å². The number of carbonyl (C=O) groups excluding carboxylic acids is 1. The Bertz CT molecular complexity index is 658. The highest BCUT2D eigenvalue weighted by Crippen LogP contribution is 2.30. The summed E-state index contributed by atoms with van der Waals surface area (Å²) in [5.41, 5.74) is 1.22. The molecule has 6 nitrogen and oxygen atoms in total. The zero-order valence-corrected chi connectivity index (χ0v) is 14.0. The van der Waals surface area contributed by atoms with E-state index in [-0.39, 0.29) is 12.3 Å². The average Bonchev–Trinajstić information content (AvgIpc) is 3.02. The maximum atomic E-state index is 11.9. The third-order valence-electron chi connectivity index (χ3n) is 3.23. The number of rotatable bonds is 8. The lowest BCUT2D eigenvalue weighted by atomic mass is 10.1. The first-order chi connectivity index (χ1) is 11.2. The highest BCUT2D eigenvalue weighted by atomic mass is 35.5. The second-order valence-electron chi connectivity index (χ2n) is 4.94. The summed E-state index contributed by atoms with van der Waals surface area (Å²) >= 11 is 6.25. The monoisotopic (exact) mass is 337 g/mol. The van der Waals surface area contributed by atoms with Crippen LogP contribution in [0.1, 0.15) is 43.6 Å². The predicted molar refractivity (Wildman–Crippen MR) is 87.8 cm³/mol. The minimum absolute atomic E-state index is 0.138. The summed E-state index contributed by atoms with van der Waals surface area (Å²) in [5, 5.41) is 10.8. The van der Waals surface area contributed by atoms with E-state index >= 15 is 0 Å². The quantitative estimate of drug-likeness (QED) is 0.584. The van der Waals surface area contributed by atoms with Gasteiger partial charge in [0.05, 0.1) is 18.2 Å². The highest BCUT2D eigenvalue weighted by Gasteiger charge is 2.19. The van der Waals surface area contributed by atoms with Crippen LogP contribution in [0.4, 0.5) is 0 Å². The van der Waals surface area contributed by atoms with Crippen molar-refractivity contribution in [1.29, 1.82) is 0 Å². The summed E-state index contributed by atoms with van der Waals surface area (Å²) < 4.78 is 10.6. The van der Waals surface area contributed by atoms with E-state index < -0.39 is 5.97 Å². The van der Waals surface area contributed by atoms with Crippen LogP contribution >= 0.6 is 11.6 Å². The third kappa shape index (κ3) is 4.45. The fourth-order valence-electron chi connectivity index (χ4n) is 2.07. The first kappa shape index (κ1) is 17.3. The van der Waals surface area contributed by atoms with Crippen LogP contribution in [-0.2, 0) is 4.74 Å². The fraction of sp³-hybridized carbons (Fsp3) is 0.438. The molecule has 0 amide bonds. The molecule has 1 N–H and O–H groups in total. The number of esters is 1. The zero-order chi connectivity index (χ0) is 16.7. The summed E-state index contributed by atoms with van der Waals surface area (Å²) in [5.74, 6) is 0.0972. The minimum Gasteiger partial charge on any atom is -0.492 e. The largest absolute Gasteiger partial charge is 0.492 e. The lowest BCUT2D eigenvalue weighted by molar-refractivity contribution is 0.0520. The molecular formula is C16H20ClN3O3. The smallest absolute Gasteiger partial charge is 0.361 e. The van der Waals surface area contributed by atoms with Gasteiger partial charge in [0, 0.05) is 5.56 Å². The van der Waals surface area contributed by atoms with Crippen LogP contribution in [-0.4, -0.2) is 34.6 Å². The number of H-pyrrole nitrogens is 1. The Morgan fingerprint density at radius 2 is 2.09 bits per heavy atom. The van der Waals surface area contributed by atoms with Crippen LogP contribution in [0, 0.1) is 0 Å². The molecule has 0 bridgehead atoms. The second-order valence-corrected chi connectivity index (χ2v) is 5.35. The van der Waals surface area contributed by atoms with Gasteiger partial charge in [-0.05, 0) is 31.5 Å². The topological polar surface area (TPSA) is 77.1 Å². The molecule has 1 aromatic heterocycles. The molecule has 1 heterocycles. The van der Waals surface area contributed by atoms with Crippen LogP contribution in [0.5, 0.6) is 5.75 Å². The number of halogens is 1. The van der Waals surface area contributed by atoms with Gasteiger partial charge in [-0.1, -0.05) is 31.4 Å². The van der Waals surface area contributed by atoms with Crippen molar-refractivity contribution in [2.24, 2.45) is 0 Å². The van der Waals surface area contributed by atoms with Crippen molar-refractivity contribution in [2.75, 3.05) is 13.2 Å². The minimum atomic E-state index is -0.521. The molecule has 2 aromatic rings. The SMILES string of the molecule is CCCCCOc1ccc(-c2n[nH]nc2C(=O)OCC)cc1Cl. The van der Waals surface area contributed by atoms with Gasteiger partial charge in [-0.15, -0.1) is 5.10 Å². The van der Waals surface area contributed by atoms with Crippen LogP contribution in [0.15, 0.2) is 18.2 Å². The average molecular weight is 338 g/mol. The molecule has 1 aromatic carbocycles. The molecule has 23 heavy (non-hydrogen) atoms. The third-order valence-corrected chi connectivity index (χ3v) is 3.52. The van der Waals surface area contributed by atoms with Crippen LogP contribution in [0.2, 0.25) is 5.02 Å². The molecule has 0 atom stereocenters.